The third-order valence-corrected chi connectivity index (χ3v) is 9.70. The lowest BCUT2D eigenvalue weighted by Crippen LogP contribution is -2.48. The number of aliphatic carboxylic acids is 1. The predicted octanol–water partition coefficient (Wildman–Crippen LogP) is 0.495. The van der Waals surface area contributed by atoms with E-state index in [0.29, 0.717) is 19.0 Å². The fourth-order valence-electron chi connectivity index (χ4n) is 4.05. The second-order valence-electron chi connectivity index (χ2n) is 8.64. The van der Waals surface area contributed by atoms with Crippen molar-refractivity contribution in [3.63, 3.8) is 0 Å². The van der Waals surface area contributed by atoms with E-state index < -0.39 is 44.6 Å². The number of rotatable bonds is 12. The Morgan fingerprint density at radius 3 is 2.03 bits per heavy atom. The van der Waals surface area contributed by atoms with E-state index in [9.17, 15) is 19.2 Å². The summed E-state index contributed by atoms with van der Waals surface area (Å²) < 4.78 is 17.8. The minimum absolute atomic E-state index is 0.00458. The number of amides is 3. The van der Waals surface area contributed by atoms with Crippen LogP contribution in [0.2, 0.25) is 6.04 Å². The molecular formula is C22H31N3O8S2Si. The Balaban J connectivity index is 1.49. The first-order valence-electron chi connectivity index (χ1n) is 11.6. The van der Waals surface area contributed by atoms with E-state index in [2.05, 4.69) is 41.2 Å². The molecule has 2 saturated heterocycles. The van der Waals surface area contributed by atoms with E-state index in [1.54, 1.807) is 0 Å². The minimum Gasteiger partial charge on any atom is -0.480 e. The van der Waals surface area contributed by atoms with Gasteiger partial charge in [0.15, 0.2) is 0 Å². The molecule has 1 aromatic rings. The van der Waals surface area contributed by atoms with Gasteiger partial charge in [0.05, 0.1) is 18.3 Å². The number of nitrogens with one attached hydrogen (secondary N) is 3. The normalized spacial score (nSPS) is 26.2. The Morgan fingerprint density at radius 1 is 0.972 bits per heavy atom. The summed E-state index contributed by atoms with van der Waals surface area (Å²) in [6.07, 6.45) is 0.564. The monoisotopic (exact) mass is 557 g/mol. The van der Waals surface area contributed by atoms with Gasteiger partial charge < -0.3 is 34.3 Å². The summed E-state index contributed by atoms with van der Waals surface area (Å²) in [6.45, 7) is 4.29. The van der Waals surface area contributed by atoms with Crippen molar-refractivity contribution >= 4 is 57.8 Å². The lowest BCUT2D eigenvalue weighted by atomic mass is 10.1. The standard InChI is InChI=1S/C22H31N3O8S2Si/c1-12-18-13(2)32-36(31-12,33-18)8-4-7-23-21(28)16(10-34)24-19(26)14-5-3-6-15(9-14)20(27)25-17(11-35)22(29)30/h3,5-6,9,12-13,16-18,34-35H,4,7-8,10-11H2,1-2H3,(H,23,28)(H,24,26)(H,25,27)(H,29,30). The van der Waals surface area contributed by atoms with Crippen LogP contribution in [-0.2, 0) is 22.9 Å². The highest BCUT2D eigenvalue weighted by Gasteiger charge is 2.60. The molecule has 4 unspecified atom stereocenters. The second kappa shape index (κ2) is 12.4. The fraction of sp³-hybridized carbons (Fsp3) is 0.545. The van der Waals surface area contributed by atoms with Gasteiger partial charge in [0.2, 0.25) is 5.91 Å². The first-order valence-corrected chi connectivity index (χ1v) is 14.8. The predicted molar refractivity (Wildman–Crippen MR) is 138 cm³/mol. The van der Waals surface area contributed by atoms with Gasteiger partial charge in [-0.25, -0.2) is 4.79 Å². The number of thiol groups is 2. The molecule has 4 atom stereocenters. The summed E-state index contributed by atoms with van der Waals surface area (Å²) in [4.78, 5) is 48.8. The number of fused-ring (bicyclic) bond motifs is 2. The van der Waals surface area contributed by atoms with Crippen molar-refractivity contribution in [3.05, 3.63) is 35.4 Å². The van der Waals surface area contributed by atoms with Gasteiger partial charge in [-0.3, -0.25) is 14.4 Å². The molecule has 2 bridgehead atoms. The Kier molecular flexibility index (Phi) is 9.83. The van der Waals surface area contributed by atoms with Crippen LogP contribution in [0, 0.1) is 0 Å². The van der Waals surface area contributed by atoms with Crippen LogP contribution in [0.3, 0.4) is 0 Å². The van der Waals surface area contributed by atoms with Crippen molar-refractivity contribution in [2.75, 3.05) is 18.1 Å². The number of carboxylic acids is 1. The van der Waals surface area contributed by atoms with Crippen LogP contribution in [-0.4, -0.2) is 86.0 Å². The summed E-state index contributed by atoms with van der Waals surface area (Å²) in [5.41, 5.74) is 0.235. The van der Waals surface area contributed by atoms with E-state index in [1.165, 1.54) is 24.3 Å². The zero-order valence-electron chi connectivity index (χ0n) is 19.9. The smallest absolute Gasteiger partial charge is 0.480 e. The Labute approximate surface area is 221 Å². The third kappa shape index (κ3) is 6.80. The lowest BCUT2D eigenvalue weighted by molar-refractivity contribution is -0.138. The van der Waals surface area contributed by atoms with E-state index in [0.717, 1.165) is 0 Å². The maximum atomic E-state index is 12.7. The van der Waals surface area contributed by atoms with Crippen LogP contribution in [0.4, 0.5) is 0 Å². The van der Waals surface area contributed by atoms with Gasteiger partial charge in [0.1, 0.15) is 12.1 Å². The number of carbonyl (C=O) groups is 4. The van der Waals surface area contributed by atoms with Gasteiger partial charge in [0, 0.05) is 35.2 Å². The van der Waals surface area contributed by atoms with Gasteiger partial charge >= 0.3 is 14.8 Å². The van der Waals surface area contributed by atoms with Gasteiger partial charge in [0.25, 0.3) is 11.8 Å². The maximum absolute atomic E-state index is 12.7. The molecule has 0 spiro atoms. The van der Waals surface area contributed by atoms with Crippen molar-refractivity contribution < 1.29 is 37.6 Å². The summed E-state index contributed by atoms with van der Waals surface area (Å²) in [5, 5.41) is 16.8. The minimum atomic E-state index is -2.68. The molecule has 14 heteroatoms. The van der Waals surface area contributed by atoms with E-state index in [1.807, 2.05) is 13.8 Å². The molecule has 2 aliphatic rings. The van der Waals surface area contributed by atoms with Crippen molar-refractivity contribution in [2.24, 2.45) is 0 Å². The van der Waals surface area contributed by atoms with Gasteiger partial charge in [-0.2, -0.15) is 25.3 Å². The average molecular weight is 558 g/mol. The molecule has 11 nitrogen and oxygen atoms in total. The first kappa shape index (κ1) is 28.5. The molecule has 3 rings (SSSR count). The van der Waals surface area contributed by atoms with Gasteiger partial charge in [-0.15, -0.1) is 0 Å². The molecule has 2 heterocycles. The Hall–Kier alpha value is -2.10. The molecule has 198 valence electrons. The molecule has 3 amide bonds. The molecule has 4 N–H and O–H groups in total. The highest BCUT2D eigenvalue weighted by atomic mass is 32.1. The van der Waals surface area contributed by atoms with E-state index >= 15 is 0 Å². The van der Waals surface area contributed by atoms with Gasteiger partial charge in [-0.05, 0) is 38.5 Å². The molecule has 0 radical (unpaired) electrons. The van der Waals surface area contributed by atoms with Crippen molar-refractivity contribution in [2.45, 2.75) is 56.7 Å². The lowest BCUT2D eigenvalue weighted by Gasteiger charge is -2.26. The molecule has 36 heavy (non-hydrogen) atoms. The molecule has 0 saturated carbocycles. The number of carbonyl (C=O) groups excluding carboxylic acids is 3. The van der Waals surface area contributed by atoms with Crippen LogP contribution in [0.15, 0.2) is 24.3 Å². The van der Waals surface area contributed by atoms with Crippen LogP contribution < -0.4 is 16.0 Å². The molecule has 2 fully saturated rings. The summed E-state index contributed by atoms with van der Waals surface area (Å²) in [5.74, 6) is -2.88. The molecule has 0 aromatic heterocycles. The zero-order chi connectivity index (χ0) is 26.5. The topological polar surface area (TPSA) is 152 Å². The molecule has 1 aromatic carbocycles. The van der Waals surface area contributed by atoms with Crippen LogP contribution in [0.25, 0.3) is 0 Å². The number of carboxylic acid groups (broad SMARTS) is 1. The first-order chi connectivity index (χ1) is 17.1. The van der Waals surface area contributed by atoms with Crippen molar-refractivity contribution in [1.82, 2.24) is 16.0 Å². The van der Waals surface area contributed by atoms with Crippen LogP contribution in [0.1, 0.15) is 41.0 Å². The van der Waals surface area contributed by atoms with E-state index in [-0.39, 0.29) is 40.9 Å². The number of hydrogen-bond acceptors (Lipinski definition) is 9. The summed E-state index contributed by atoms with van der Waals surface area (Å²) in [7, 11) is -2.68. The zero-order valence-corrected chi connectivity index (χ0v) is 22.7. The number of hydrogen-bond donors (Lipinski definition) is 6. The SMILES string of the molecule is CC1O[Si]2(CCCNC(=O)C(CS)NC(=O)c3cccc(C(=O)NC(CS)C(=O)O)c3)OC(C)C1O2. The quantitative estimate of drug-likeness (QED) is 0.123. The highest BCUT2D eigenvalue weighted by molar-refractivity contribution is 7.80. The summed E-state index contributed by atoms with van der Waals surface area (Å²) >= 11 is 8.09. The van der Waals surface area contributed by atoms with Gasteiger partial charge in [-0.1, -0.05) is 6.07 Å². The maximum Gasteiger partial charge on any atom is 0.502 e. The summed E-state index contributed by atoms with van der Waals surface area (Å²) in [6, 6.07) is 4.25. The fourth-order valence-corrected chi connectivity index (χ4v) is 7.88. The van der Waals surface area contributed by atoms with Crippen molar-refractivity contribution in [3.8, 4) is 0 Å². The average Bonchev–Trinajstić information content (AvgIpc) is 3.36. The number of benzene rings is 1. The third-order valence-electron chi connectivity index (χ3n) is 5.91. The largest absolute Gasteiger partial charge is 0.502 e. The van der Waals surface area contributed by atoms with E-state index in [4.69, 9.17) is 18.4 Å². The van der Waals surface area contributed by atoms with Crippen LogP contribution >= 0.6 is 25.3 Å². The molecule has 2 aliphatic heterocycles. The second-order valence-corrected chi connectivity index (χ2v) is 11.9. The molecular weight excluding hydrogens is 526 g/mol. The Bertz CT molecular complexity index is 988. The molecule has 0 aliphatic carbocycles. The Morgan fingerprint density at radius 2 is 1.53 bits per heavy atom. The highest BCUT2D eigenvalue weighted by Crippen LogP contribution is 2.40. The van der Waals surface area contributed by atoms with Crippen LogP contribution in [0.5, 0.6) is 0 Å². The van der Waals surface area contributed by atoms with Crippen molar-refractivity contribution in [1.29, 1.82) is 0 Å².